The molecule has 1 aliphatic heterocycles. The fourth-order valence-corrected chi connectivity index (χ4v) is 4.09. The molecule has 0 amide bonds. The lowest BCUT2D eigenvalue weighted by molar-refractivity contribution is 0.311. The Bertz CT molecular complexity index is 990. The minimum Gasteiger partial charge on any atom is -0.367 e. The van der Waals surface area contributed by atoms with Crippen molar-refractivity contribution in [1.82, 2.24) is 9.88 Å². The van der Waals surface area contributed by atoms with E-state index < -0.39 is 6.04 Å². The standard InChI is InChI=1S/C22H26F2N4.C2H6/c1-3-15-16-5-4-6-17(23)21(16)26-22(15)20(25)14-7-8-19(18(24)13-14)28-11-9-27(2)10-12-28;1-2/h4-8,13,20,26H,3,9-12,25H2,1-2H3;1-2H3. The normalized spacial score (nSPS) is 15.8. The Hall–Kier alpha value is -2.44. The number of H-pyrrole nitrogens is 1. The number of halogens is 2. The summed E-state index contributed by atoms with van der Waals surface area (Å²) < 4.78 is 29.1. The maximum Gasteiger partial charge on any atom is 0.147 e. The molecule has 1 aliphatic rings. The molecule has 6 heteroatoms. The number of anilines is 1. The predicted molar refractivity (Wildman–Crippen MR) is 121 cm³/mol. The zero-order valence-corrected chi connectivity index (χ0v) is 18.3. The van der Waals surface area contributed by atoms with E-state index >= 15 is 0 Å². The van der Waals surface area contributed by atoms with Crippen LogP contribution in [0.4, 0.5) is 14.5 Å². The van der Waals surface area contributed by atoms with Crippen molar-refractivity contribution in [3.05, 3.63) is 64.9 Å². The first-order chi connectivity index (χ1) is 14.5. The number of aromatic nitrogens is 1. The summed E-state index contributed by atoms with van der Waals surface area (Å²) in [6.07, 6.45) is 0.717. The summed E-state index contributed by atoms with van der Waals surface area (Å²) in [4.78, 5) is 7.45. The number of nitrogens with zero attached hydrogens (tertiary/aromatic N) is 2. The molecule has 0 aliphatic carbocycles. The molecule has 30 heavy (non-hydrogen) atoms. The summed E-state index contributed by atoms with van der Waals surface area (Å²) in [5, 5.41) is 0.836. The van der Waals surface area contributed by atoms with E-state index in [0.717, 1.165) is 42.8 Å². The number of piperazine rings is 1. The maximum atomic E-state index is 14.9. The number of fused-ring (bicyclic) bond motifs is 1. The molecule has 1 unspecified atom stereocenters. The molecular formula is C24H32F2N4. The average molecular weight is 415 g/mol. The number of para-hydroxylation sites is 1. The summed E-state index contributed by atoms with van der Waals surface area (Å²) in [5.74, 6) is -0.569. The van der Waals surface area contributed by atoms with Crippen LogP contribution in [0.25, 0.3) is 10.9 Å². The molecule has 1 fully saturated rings. The first kappa shape index (κ1) is 22.2. The number of nitrogens with two attached hydrogens (primary N) is 1. The molecule has 0 radical (unpaired) electrons. The van der Waals surface area contributed by atoms with Crippen molar-refractivity contribution in [2.24, 2.45) is 5.73 Å². The Balaban J connectivity index is 0.00000124. The Morgan fingerprint density at radius 3 is 2.37 bits per heavy atom. The minimum atomic E-state index is -0.544. The van der Waals surface area contributed by atoms with Gasteiger partial charge in [-0.05, 0) is 42.8 Å². The largest absolute Gasteiger partial charge is 0.367 e. The monoisotopic (exact) mass is 414 g/mol. The Labute approximate surface area is 177 Å². The van der Waals surface area contributed by atoms with Gasteiger partial charge in [-0.2, -0.15) is 0 Å². The molecule has 1 atom stereocenters. The number of benzene rings is 2. The molecule has 1 aromatic heterocycles. The Kier molecular flexibility index (Phi) is 7.10. The van der Waals surface area contributed by atoms with Crippen LogP contribution in [-0.2, 0) is 6.42 Å². The highest BCUT2D eigenvalue weighted by atomic mass is 19.1. The third-order valence-electron chi connectivity index (χ3n) is 5.76. The van der Waals surface area contributed by atoms with Crippen LogP contribution in [-0.4, -0.2) is 43.1 Å². The minimum absolute atomic E-state index is 0.266. The van der Waals surface area contributed by atoms with Crippen molar-refractivity contribution in [3.8, 4) is 0 Å². The smallest absolute Gasteiger partial charge is 0.147 e. The molecule has 0 bridgehead atoms. The van der Waals surface area contributed by atoms with Gasteiger partial charge in [0.2, 0.25) is 0 Å². The molecule has 1 saturated heterocycles. The molecule has 3 aromatic rings. The van der Waals surface area contributed by atoms with Gasteiger partial charge in [-0.3, -0.25) is 0 Å². The third kappa shape index (κ3) is 4.20. The molecule has 4 rings (SSSR count). The van der Waals surface area contributed by atoms with Crippen molar-refractivity contribution in [1.29, 1.82) is 0 Å². The van der Waals surface area contributed by atoms with Gasteiger partial charge in [0.05, 0.1) is 17.2 Å². The van der Waals surface area contributed by atoms with Gasteiger partial charge in [-0.15, -0.1) is 0 Å². The zero-order chi connectivity index (χ0) is 21.8. The predicted octanol–water partition coefficient (Wildman–Crippen LogP) is 4.83. The highest BCUT2D eigenvalue weighted by molar-refractivity contribution is 5.85. The number of aromatic amines is 1. The van der Waals surface area contributed by atoms with Crippen molar-refractivity contribution >= 4 is 16.6 Å². The fourth-order valence-electron chi connectivity index (χ4n) is 4.09. The molecule has 2 heterocycles. The van der Waals surface area contributed by atoms with E-state index in [1.807, 2.05) is 39.0 Å². The van der Waals surface area contributed by atoms with E-state index in [1.165, 1.54) is 12.1 Å². The molecule has 2 aromatic carbocycles. The van der Waals surface area contributed by atoms with Crippen LogP contribution in [0.15, 0.2) is 36.4 Å². The summed E-state index contributed by atoms with van der Waals surface area (Å²) in [6, 6.07) is 9.68. The molecule has 162 valence electrons. The molecule has 0 saturated carbocycles. The van der Waals surface area contributed by atoms with Crippen LogP contribution < -0.4 is 10.6 Å². The van der Waals surface area contributed by atoms with Gasteiger partial charge in [0.25, 0.3) is 0 Å². The highest BCUT2D eigenvalue weighted by Crippen LogP contribution is 2.32. The number of aryl methyl sites for hydroxylation is 1. The van der Waals surface area contributed by atoms with Crippen LogP contribution in [0.2, 0.25) is 0 Å². The first-order valence-corrected chi connectivity index (χ1v) is 10.8. The SMILES string of the molecule is CC.CCc1c(C(N)c2ccc(N3CCN(C)CC3)c(F)c2)[nH]c2c(F)cccc12. The van der Waals surface area contributed by atoms with Gasteiger partial charge in [0.15, 0.2) is 0 Å². The van der Waals surface area contributed by atoms with E-state index in [2.05, 4.69) is 21.8 Å². The number of likely N-dealkylation sites (N-methyl/N-ethyl adjacent to an activating group) is 1. The molecule has 3 N–H and O–H groups in total. The van der Waals surface area contributed by atoms with Crippen LogP contribution in [0.5, 0.6) is 0 Å². The van der Waals surface area contributed by atoms with Gasteiger partial charge in [-0.25, -0.2) is 8.78 Å². The van der Waals surface area contributed by atoms with E-state index in [9.17, 15) is 8.78 Å². The van der Waals surface area contributed by atoms with Crippen molar-refractivity contribution in [2.75, 3.05) is 38.1 Å². The van der Waals surface area contributed by atoms with Gasteiger partial charge in [0.1, 0.15) is 11.6 Å². The molecule has 0 spiro atoms. The quantitative estimate of drug-likeness (QED) is 0.643. The fraction of sp³-hybridized carbons (Fsp3) is 0.417. The van der Waals surface area contributed by atoms with E-state index in [0.29, 0.717) is 23.2 Å². The molecular weight excluding hydrogens is 382 g/mol. The van der Waals surface area contributed by atoms with Crippen LogP contribution in [0.1, 0.15) is 43.6 Å². The summed E-state index contributed by atoms with van der Waals surface area (Å²) >= 11 is 0. The maximum absolute atomic E-state index is 14.9. The van der Waals surface area contributed by atoms with Gasteiger partial charge in [0, 0.05) is 37.3 Å². The Morgan fingerprint density at radius 2 is 1.73 bits per heavy atom. The summed E-state index contributed by atoms with van der Waals surface area (Å²) in [5.41, 5.74) is 9.95. The van der Waals surface area contributed by atoms with Crippen molar-refractivity contribution in [2.45, 2.75) is 33.2 Å². The van der Waals surface area contributed by atoms with Crippen molar-refractivity contribution in [3.63, 3.8) is 0 Å². The number of nitrogens with one attached hydrogen (secondary N) is 1. The summed E-state index contributed by atoms with van der Waals surface area (Å²) in [6.45, 7) is 9.46. The first-order valence-electron chi connectivity index (χ1n) is 10.8. The van der Waals surface area contributed by atoms with E-state index in [1.54, 1.807) is 6.07 Å². The van der Waals surface area contributed by atoms with Crippen LogP contribution in [0, 0.1) is 11.6 Å². The van der Waals surface area contributed by atoms with E-state index in [-0.39, 0.29) is 11.6 Å². The Morgan fingerprint density at radius 1 is 1.03 bits per heavy atom. The van der Waals surface area contributed by atoms with Crippen LogP contribution >= 0.6 is 0 Å². The summed E-state index contributed by atoms with van der Waals surface area (Å²) in [7, 11) is 2.07. The topological polar surface area (TPSA) is 48.3 Å². The van der Waals surface area contributed by atoms with Gasteiger partial charge in [-0.1, -0.05) is 39.0 Å². The second-order valence-electron chi connectivity index (χ2n) is 7.51. The van der Waals surface area contributed by atoms with Gasteiger partial charge >= 0.3 is 0 Å². The number of rotatable bonds is 4. The van der Waals surface area contributed by atoms with E-state index in [4.69, 9.17) is 5.73 Å². The molecule has 4 nitrogen and oxygen atoms in total. The zero-order valence-electron chi connectivity index (χ0n) is 18.3. The second kappa shape index (κ2) is 9.58. The average Bonchev–Trinajstić information content (AvgIpc) is 3.15. The number of hydrogen-bond donors (Lipinski definition) is 2. The van der Waals surface area contributed by atoms with Crippen LogP contribution in [0.3, 0.4) is 0 Å². The highest BCUT2D eigenvalue weighted by Gasteiger charge is 2.22. The number of hydrogen-bond acceptors (Lipinski definition) is 3. The lowest BCUT2D eigenvalue weighted by Gasteiger charge is -2.34. The lowest BCUT2D eigenvalue weighted by atomic mass is 9.98. The third-order valence-corrected chi connectivity index (χ3v) is 5.76. The van der Waals surface area contributed by atoms with Crippen molar-refractivity contribution < 1.29 is 8.78 Å². The second-order valence-corrected chi connectivity index (χ2v) is 7.51. The lowest BCUT2D eigenvalue weighted by Crippen LogP contribution is -2.44. The van der Waals surface area contributed by atoms with Gasteiger partial charge < -0.3 is 20.5 Å².